The molecule has 5 nitrogen and oxygen atoms in total. The summed E-state index contributed by atoms with van der Waals surface area (Å²) >= 11 is 0. The molecule has 1 aromatic heterocycles. The van der Waals surface area contributed by atoms with E-state index in [1.54, 1.807) is 0 Å². The van der Waals surface area contributed by atoms with Crippen molar-refractivity contribution >= 4 is 0 Å². The second-order valence-corrected chi connectivity index (χ2v) is 7.37. The lowest BCUT2D eigenvalue weighted by atomic mass is 10.0. The first-order valence-electron chi connectivity index (χ1n) is 9.83. The Morgan fingerprint density at radius 2 is 1.71 bits per heavy atom. The Kier molecular flexibility index (Phi) is 5.74. The summed E-state index contributed by atoms with van der Waals surface area (Å²) in [4.78, 5) is 2.43. The fourth-order valence-electron chi connectivity index (χ4n) is 3.73. The van der Waals surface area contributed by atoms with E-state index in [1.807, 2.05) is 54.2 Å². The number of hydrogen-bond acceptors (Lipinski definition) is 4. The molecule has 0 atom stereocenters. The van der Waals surface area contributed by atoms with Gasteiger partial charge in [-0.1, -0.05) is 18.2 Å². The summed E-state index contributed by atoms with van der Waals surface area (Å²) in [6, 6.07) is 18.6. The summed E-state index contributed by atoms with van der Waals surface area (Å²) in [6.07, 6.45) is 4.31. The SMILES string of the molecule is CN(Cc1cn(C)nc1-c1ccc(Oc2ccccc2)cc1)C1CCOCC1. The van der Waals surface area contributed by atoms with Crippen LogP contribution in [0.2, 0.25) is 0 Å². The van der Waals surface area contributed by atoms with Crippen molar-refractivity contribution in [2.75, 3.05) is 20.3 Å². The lowest BCUT2D eigenvalue weighted by Crippen LogP contribution is -2.36. The maximum Gasteiger partial charge on any atom is 0.127 e. The van der Waals surface area contributed by atoms with Crippen molar-refractivity contribution < 1.29 is 9.47 Å². The van der Waals surface area contributed by atoms with Crippen LogP contribution >= 0.6 is 0 Å². The van der Waals surface area contributed by atoms with Crippen LogP contribution in [0.4, 0.5) is 0 Å². The van der Waals surface area contributed by atoms with Crippen LogP contribution in [0.1, 0.15) is 18.4 Å². The maximum absolute atomic E-state index is 5.90. The summed E-state index contributed by atoms with van der Waals surface area (Å²) in [7, 11) is 4.18. The molecule has 4 rings (SSSR count). The Morgan fingerprint density at radius 3 is 2.43 bits per heavy atom. The molecular weight excluding hydrogens is 350 g/mol. The highest BCUT2D eigenvalue weighted by Gasteiger charge is 2.20. The lowest BCUT2D eigenvalue weighted by molar-refractivity contribution is 0.0407. The lowest BCUT2D eigenvalue weighted by Gasteiger charge is -2.31. The van der Waals surface area contributed by atoms with Gasteiger partial charge < -0.3 is 9.47 Å². The Hall–Kier alpha value is -2.63. The zero-order valence-electron chi connectivity index (χ0n) is 16.5. The molecule has 0 bridgehead atoms. The van der Waals surface area contributed by atoms with Gasteiger partial charge in [0.05, 0.1) is 5.69 Å². The average Bonchev–Trinajstić information content (AvgIpc) is 3.10. The summed E-state index contributed by atoms with van der Waals surface area (Å²) in [5.74, 6) is 1.67. The van der Waals surface area contributed by atoms with Gasteiger partial charge >= 0.3 is 0 Å². The molecule has 0 saturated carbocycles. The molecule has 0 spiro atoms. The highest BCUT2D eigenvalue weighted by Crippen LogP contribution is 2.28. The van der Waals surface area contributed by atoms with Gasteiger partial charge in [-0.3, -0.25) is 9.58 Å². The van der Waals surface area contributed by atoms with E-state index >= 15 is 0 Å². The van der Waals surface area contributed by atoms with E-state index in [1.165, 1.54) is 5.56 Å². The van der Waals surface area contributed by atoms with Gasteiger partial charge in [0, 0.05) is 50.2 Å². The van der Waals surface area contributed by atoms with Crippen LogP contribution in [0.3, 0.4) is 0 Å². The minimum Gasteiger partial charge on any atom is -0.457 e. The van der Waals surface area contributed by atoms with Gasteiger partial charge in [-0.05, 0) is 56.3 Å². The summed E-state index contributed by atoms with van der Waals surface area (Å²) in [5.41, 5.74) is 3.39. The maximum atomic E-state index is 5.90. The number of para-hydroxylation sites is 1. The minimum absolute atomic E-state index is 0.573. The van der Waals surface area contributed by atoms with Gasteiger partial charge in [0.25, 0.3) is 0 Å². The molecule has 3 aromatic rings. The quantitative estimate of drug-likeness (QED) is 0.634. The smallest absolute Gasteiger partial charge is 0.127 e. The Bertz CT molecular complexity index is 884. The van der Waals surface area contributed by atoms with E-state index in [-0.39, 0.29) is 0 Å². The van der Waals surface area contributed by atoms with Gasteiger partial charge in [0.15, 0.2) is 0 Å². The standard InChI is InChI=1S/C23H27N3O2/c1-25(20-12-14-27-15-13-20)16-19-17-26(2)24-23(19)18-8-10-22(11-9-18)28-21-6-4-3-5-7-21/h3-11,17,20H,12-16H2,1-2H3. The monoisotopic (exact) mass is 377 g/mol. The van der Waals surface area contributed by atoms with Gasteiger partial charge in [-0.25, -0.2) is 0 Å². The topological polar surface area (TPSA) is 39.5 Å². The first kappa shape index (κ1) is 18.7. The molecular formula is C23H27N3O2. The first-order chi connectivity index (χ1) is 13.7. The van der Waals surface area contributed by atoms with E-state index < -0.39 is 0 Å². The van der Waals surface area contributed by atoms with Crippen LogP contribution in [0.15, 0.2) is 60.8 Å². The second kappa shape index (κ2) is 8.59. The van der Waals surface area contributed by atoms with E-state index in [2.05, 4.69) is 30.3 Å². The molecule has 1 saturated heterocycles. The number of benzene rings is 2. The Balaban J connectivity index is 1.49. The number of hydrogen-bond donors (Lipinski definition) is 0. The molecule has 1 fully saturated rings. The van der Waals surface area contributed by atoms with Crippen molar-refractivity contribution in [3.05, 3.63) is 66.4 Å². The zero-order chi connectivity index (χ0) is 19.3. The van der Waals surface area contributed by atoms with Crippen LogP contribution < -0.4 is 4.74 Å². The molecule has 0 radical (unpaired) electrons. The third-order valence-corrected chi connectivity index (χ3v) is 5.25. The highest BCUT2D eigenvalue weighted by atomic mass is 16.5. The molecule has 1 aliphatic heterocycles. The van der Waals surface area contributed by atoms with Crippen molar-refractivity contribution in [2.45, 2.75) is 25.4 Å². The van der Waals surface area contributed by atoms with Crippen LogP contribution in [0.5, 0.6) is 11.5 Å². The van der Waals surface area contributed by atoms with Gasteiger partial charge in [0.1, 0.15) is 11.5 Å². The molecule has 0 amide bonds. The Labute approximate surface area is 166 Å². The number of rotatable bonds is 6. The predicted molar refractivity (Wildman–Crippen MR) is 110 cm³/mol. The number of aryl methyl sites for hydroxylation is 1. The minimum atomic E-state index is 0.573. The molecule has 2 aromatic carbocycles. The van der Waals surface area contributed by atoms with Crippen LogP contribution in [0, 0.1) is 0 Å². The van der Waals surface area contributed by atoms with Crippen LogP contribution in [-0.2, 0) is 18.3 Å². The van der Waals surface area contributed by atoms with E-state index in [0.29, 0.717) is 6.04 Å². The molecule has 146 valence electrons. The van der Waals surface area contributed by atoms with Crippen molar-refractivity contribution in [1.29, 1.82) is 0 Å². The van der Waals surface area contributed by atoms with E-state index in [4.69, 9.17) is 14.6 Å². The molecule has 28 heavy (non-hydrogen) atoms. The largest absolute Gasteiger partial charge is 0.457 e. The number of ether oxygens (including phenoxy) is 2. The van der Waals surface area contributed by atoms with Crippen molar-refractivity contribution in [1.82, 2.24) is 14.7 Å². The van der Waals surface area contributed by atoms with Gasteiger partial charge in [0.2, 0.25) is 0 Å². The first-order valence-corrected chi connectivity index (χ1v) is 9.83. The van der Waals surface area contributed by atoms with Crippen LogP contribution in [-0.4, -0.2) is 41.0 Å². The fraction of sp³-hybridized carbons (Fsp3) is 0.348. The number of nitrogens with zero attached hydrogens (tertiary/aromatic N) is 3. The molecule has 1 aliphatic rings. The molecule has 5 heteroatoms. The van der Waals surface area contributed by atoms with E-state index in [0.717, 1.165) is 55.4 Å². The third-order valence-electron chi connectivity index (χ3n) is 5.25. The summed E-state index contributed by atoms with van der Waals surface area (Å²) in [6.45, 7) is 2.60. The summed E-state index contributed by atoms with van der Waals surface area (Å²) < 4.78 is 13.3. The second-order valence-electron chi connectivity index (χ2n) is 7.37. The molecule has 0 unspecified atom stereocenters. The highest BCUT2D eigenvalue weighted by molar-refractivity contribution is 5.63. The van der Waals surface area contributed by atoms with Crippen LogP contribution in [0.25, 0.3) is 11.3 Å². The van der Waals surface area contributed by atoms with Crippen molar-refractivity contribution in [3.63, 3.8) is 0 Å². The predicted octanol–water partition coefficient (Wildman–Crippen LogP) is 4.49. The molecule has 0 N–H and O–H groups in total. The zero-order valence-corrected chi connectivity index (χ0v) is 16.5. The van der Waals surface area contributed by atoms with E-state index in [9.17, 15) is 0 Å². The molecule has 2 heterocycles. The number of aromatic nitrogens is 2. The van der Waals surface area contributed by atoms with Gasteiger partial charge in [-0.15, -0.1) is 0 Å². The Morgan fingerprint density at radius 1 is 1.04 bits per heavy atom. The molecule has 0 aliphatic carbocycles. The third kappa shape index (κ3) is 4.43. The normalized spacial score (nSPS) is 15.1. The van der Waals surface area contributed by atoms with Gasteiger partial charge in [-0.2, -0.15) is 5.10 Å². The fourth-order valence-corrected chi connectivity index (χ4v) is 3.73. The summed E-state index contributed by atoms with van der Waals surface area (Å²) in [5, 5.41) is 4.72. The average molecular weight is 377 g/mol. The van der Waals surface area contributed by atoms with Crippen molar-refractivity contribution in [3.8, 4) is 22.8 Å². The van der Waals surface area contributed by atoms with Crippen molar-refractivity contribution in [2.24, 2.45) is 7.05 Å².